The monoisotopic (exact) mass is 477 g/mol. The molecule has 13 heteroatoms. The van der Waals surface area contributed by atoms with Gasteiger partial charge in [-0.25, -0.2) is 4.79 Å². The number of primary amides is 1. The lowest BCUT2D eigenvalue weighted by Gasteiger charge is -2.28. The van der Waals surface area contributed by atoms with Gasteiger partial charge >= 0.3 is 5.97 Å². The molecule has 5 atom stereocenters. The van der Waals surface area contributed by atoms with Gasteiger partial charge in [0.15, 0.2) is 0 Å². The van der Waals surface area contributed by atoms with E-state index in [4.69, 9.17) is 11.5 Å². The van der Waals surface area contributed by atoms with Gasteiger partial charge in [-0.1, -0.05) is 13.8 Å². The van der Waals surface area contributed by atoms with E-state index < -0.39 is 59.9 Å². The van der Waals surface area contributed by atoms with Crippen LogP contribution in [0, 0.1) is 5.92 Å². The summed E-state index contributed by atoms with van der Waals surface area (Å²) in [6.45, 7) is 4.60. The van der Waals surface area contributed by atoms with Crippen molar-refractivity contribution in [3.05, 3.63) is 0 Å². The number of hydrogen-bond acceptors (Lipinski definition) is 8. The number of nitrogens with two attached hydrogens (primary N) is 2. The number of carboxylic acid groups (broad SMARTS) is 1. The van der Waals surface area contributed by atoms with Gasteiger partial charge in [-0.15, -0.1) is 0 Å². The Morgan fingerprint density at radius 1 is 0.906 bits per heavy atom. The van der Waals surface area contributed by atoms with E-state index in [0.29, 0.717) is 12.2 Å². The van der Waals surface area contributed by atoms with E-state index in [1.54, 1.807) is 13.8 Å². The van der Waals surface area contributed by atoms with Gasteiger partial charge < -0.3 is 37.6 Å². The van der Waals surface area contributed by atoms with Crippen molar-refractivity contribution in [3.8, 4) is 0 Å². The molecule has 0 spiro atoms. The highest BCUT2D eigenvalue weighted by Crippen LogP contribution is 2.07. The average molecular weight is 478 g/mol. The second kappa shape index (κ2) is 14.6. The smallest absolute Gasteiger partial charge is 0.326 e. The molecule has 0 aliphatic heterocycles. The highest BCUT2D eigenvalue weighted by atomic mass is 32.2. The van der Waals surface area contributed by atoms with Crippen LogP contribution in [0.1, 0.15) is 40.0 Å². The minimum atomic E-state index is -1.50. The lowest BCUT2D eigenvalue weighted by molar-refractivity contribution is -0.143. The first-order valence-electron chi connectivity index (χ1n) is 10.2. The van der Waals surface area contributed by atoms with Crippen molar-refractivity contribution in [2.75, 3.05) is 12.0 Å². The quantitative estimate of drug-likeness (QED) is 0.137. The molecule has 0 fully saturated rings. The fraction of sp³-hybridized carbons (Fsp3) is 0.737. The van der Waals surface area contributed by atoms with Gasteiger partial charge in [-0.05, 0) is 37.7 Å². The molecule has 184 valence electrons. The number of rotatable bonds is 15. The molecule has 5 unspecified atom stereocenters. The Kier molecular flexibility index (Phi) is 13.5. The van der Waals surface area contributed by atoms with E-state index in [1.165, 1.54) is 18.7 Å². The Morgan fingerprint density at radius 2 is 1.44 bits per heavy atom. The molecule has 0 aromatic carbocycles. The number of nitrogens with one attached hydrogen (secondary N) is 3. The summed E-state index contributed by atoms with van der Waals surface area (Å²) in [4.78, 5) is 59.9. The number of aliphatic hydroxyl groups excluding tert-OH is 1. The molecular weight excluding hydrogens is 442 g/mol. The standard InChI is InChI=1S/C19H35N5O7S/c1-9(2)14(23-16(27)11(20)7-8-32-4)17(28)24-15(10(3)25)18(29)22-12(19(30)31)5-6-13(21)26/h9-12,14-15,25H,5-8,20H2,1-4H3,(H2,21,26)(H,22,29)(H,23,27)(H,24,28)(H,30,31). The summed E-state index contributed by atoms with van der Waals surface area (Å²) in [5.41, 5.74) is 10.8. The van der Waals surface area contributed by atoms with E-state index in [2.05, 4.69) is 16.0 Å². The Balaban J connectivity index is 5.30. The van der Waals surface area contributed by atoms with Crippen molar-refractivity contribution < 1.29 is 34.2 Å². The van der Waals surface area contributed by atoms with Crippen LogP contribution in [-0.4, -0.2) is 82.1 Å². The molecule has 32 heavy (non-hydrogen) atoms. The van der Waals surface area contributed by atoms with Gasteiger partial charge in [0.2, 0.25) is 23.6 Å². The van der Waals surface area contributed by atoms with Crippen molar-refractivity contribution >= 4 is 41.4 Å². The third-order valence-corrected chi connectivity index (χ3v) is 5.22. The number of carboxylic acids is 1. The summed E-state index contributed by atoms with van der Waals surface area (Å²) in [5.74, 6) is -4.07. The predicted molar refractivity (Wildman–Crippen MR) is 119 cm³/mol. The molecule has 0 bridgehead atoms. The van der Waals surface area contributed by atoms with Gasteiger partial charge in [-0.3, -0.25) is 19.2 Å². The summed E-state index contributed by atoms with van der Waals surface area (Å²) in [6, 6.07) is -4.79. The normalized spacial score (nSPS) is 15.7. The third-order valence-electron chi connectivity index (χ3n) is 4.57. The third kappa shape index (κ3) is 10.8. The maximum Gasteiger partial charge on any atom is 0.326 e. The minimum absolute atomic E-state index is 0.254. The number of aliphatic hydroxyl groups is 1. The van der Waals surface area contributed by atoms with E-state index in [1.807, 2.05) is 6.26 Å². The lowest BCUT2D eigenvalue weighted by atomic mass is 10.0. The zero-order chi connectivity index (χ0) is 25.0. The molecule has 9 N–H and O–H groups in total. The molecule has 0 saturated heterocycles. The van der Waals surface area contributed by atoms with Gasteiger partial charge in [0.05, 0.1) is 12.1 Å². The SMILES string of the molecule is CSCCC(N)C(=O)NC(C(=O)NC(C(=O)NC(CCC(N)=O)C(=O)O)C(C)O)C(C)C. The maximum atomic E-state index is 12.8. The fourth-order valence-corrected chi connectivity index (χ4v) is 3.11. The van der Waals surface area contributed by atoms with Crippen LogP contribution in [0.4, 0.5) is 0 Å². The molecule has 0 heterocycles. The number of amides is 4. The fourth-order valence-electron chi connectivity index (χ4n) is 2.62. The summed E-state index contributed by atoms with van der Waals surface area (Å²) in [7, 11) is 0. The maximum absolute atomic E-state index is 12.8. The first-order chi connectivity index (χ1) is 14.8. The Labute approximate surface area is 191 Å². The van der Waals surface area contributed by atoms with Crippen LogP contribution in [0.2, 0.25) is 0 Å². The molecule has 0 rings (SSSR count). The zero-order valence-electron chi connectivity index (χ0n) is 18.8. The number of hydrogen-bond donors (Lipinski definition) is 7. The zero-order valence-corrected chi connectivity index (χ0v) is 19.6. The first-order valence-corrected chi connectivity index (χ1v) is 11.6. The van der Waals surface area contributed by atoms with Gasteiger partial charge in [0, 0.05) is 6.42 Å². The van der Waals surface area contributed by atoms with E-state index in [0.717, 1.165) is 0 Å². The topological polar surface area (TPSA) is 214 Å². The predicted octanol–water partition coefficient (Wildman–Crippen LogP) is -2.09. The van der Waals surface area contributed by atoms with Crippen molar-refractivity contribution in [2.24, 2.45) is 17.4 Å². The van der Waals surface area contributed by atoms with E-state index >= 15 is 0 Å². The van der Waals surface area contributed by atoms with Crippen LogP contribution in [0.5, 0.6) is 0 Å². The summed E-state index contributed by atoms with van der Waals surface area (Å²) < 4.78 is 0. The number of thioether (sulfide) groups is 1. The molecule has 0 aromatic rings. The molecule has 0 saturated carbocycles. The minimum Gasteiger partial charge on any atom is -0.480 e. The lowest BCUT2D eigenvalue weighted by Crippen LogP contribution is -2.60. The molecule has 12 nitrogen and oxygen atoms in total. The van der Waals surface area contributed by atoms with E-state index in [9.17, 15) is 34.2 Å². The number of carbonyl (C=O) groups excluding carboxylic acids is 4. The first kappa shape index (κ1) is 29.6. The average Bonchev–Trinajstić information content (AvgIpc) is 2.69. The molecule has 4 amide bonds. The van der Waals surface area contributed by atoms with Crippen LogP contribution in [0.15, 0.2) is 0 Å². The second-order valence-electron chi connectivity index (χ2n) is 7.75. The van der Waals surface area contributed by atoms with Crippen molar-refractivity contribution in [1.29, 1.82) is 0 Å². The summed E-state index contributed by atoms with van der Waals surface area (Å²) in [6.07, 6.45) is 0.382. The van der Waals surface area contributed by atoms with E-state index in [-0.39, 0.29) is 18.8 Å². The molecular formula is C19H35N5O7S. The largest absolute Gasteiger partial charge is 0.480 e. The second-order valence-corrected chi connectivity index (χ2v) is 8.74. The van der Waals surface area contributed by atoms with Crippen molar-refractivity contribution in [1.82, 2.24) is 16.0 Å². The van der Waals surface area contributed by atoms with Crippen LogP contribution in [0.3, 0.4) is 0 Å². The molecule has 0 aromatic heterocycles. The van der Waals surface area contributed by atoms with Crippen LogP contribution in [-0.2, 0) is 24.0 Å². The Morgan fingerprint density at radius 3 is 1.88 bits per heavy atom. The Bertz CT molecular complexity index is 674. The van der Waals surface area contributed by atoms with Crippen LogP contribution in [0.25, 0.3) is 0 Å². The Hall–Kier alpha value is -2.38. The molecule has 0 aliphatic carbocycles. The highest BCUT2D eigenvalue weighted by molar-refractivity contribution is 7.98. The number of aliphatic carboxylic acids is 1. The van der Waals surface area contributed by atoms with Crippen molar-refractivity contribution in [2.45, 2.75) is 70.3 Å². The van der Waals surface area contributed by atoms with Crippen molar-refractivity contribution in [3.63, 3.8) is 0 Å². The van der Waals surface area contributed by atoms with Crippen LogP contribution < -0.4 is 27.4 Å². The van der Waals surface area contributed by atoms with Gasteiger partial charge in [0.1, 0.15) is 18.1 Å². The molecule has 0 radical (unpaired) electrons. The van der Waals surface area contributed by atoms with Crippen LogP contribution >= 0.6 is 11.8 Å². The van der Waals surface area contributed by atoms with Gasteiger partial charge in [0.25, 0.3) is 0 Å². The summed E-state index contributed by atoms with van der Waals surface area (Å²) >= 11 is 1.53. The van der Waals surface area contributed by atoms with Gasteiger partial charge in [-0.2, -0.15) is 11.8 Å². The number of carbonyl (C=O) groups is 5. The summed E-state index contributed by atoms with van der Waals surface area (Å²) in [5, 5.41) is 26.3. The highest BCUT2D eigenvalue weighted by Gasteiger charge is 2.33. The molecule has 0 aliphatic rings.